The van der Waals surface area contributed by atoms with Crippen molar-refractivity contribution in [3.8, 4) is 0 Å². The van der Waals surface area contributed by atoms with Crippen molar-refractivity contribution in [1.82, 2.24) is 0 Å². The molecular formula is C13H19NO5. The second-order valence-corrected chi connectivity index (χ2v) is 5.12. The number of carbonyl (C=O) groups is 2. The molecule has 0 aromatic carbocycles. The first kappa shape index (κ1) is 15.3. The van der Waals surface area contributed by atoms with Crippen molar-refractivity contribution >= 4 is 12.3 Å². The summed E-state index contributed by atoms with van der Waals surface area (Å²) < 4.78 is 4.52. The van der Waals surface area contributed by atoms with Gasteiger partial charge in [0.05, 0.1) is 19.4 Å². The van der Waals surface area contributed by atoms with Crippen molar-refractivity contribution in [3.63, 3.8) is 0 Å². The number of esters is 1. The third-order valence-corrected chi connectivity index (χ3v) is 4.03. The molecule has 0 aliphatic heterocycles. The Hall–Kier alpha value is -1.72. The molecule has 1 aliphatic rings. The fourth-order valence-electron chi connectivity index (χ4n) is 2.60. The molecule has 106 valence electrons. The lowest BCUT2D eigenvalue weighted by molar-refractivity contribution is -0.579. The van der Waals surface area contributed by atoms with E-state index in [0.717, 1.165) is 11.1 Å². The maximum absolute atomic E-state index is 11.5. The Bertz CT molecular complexity index is 429. The molecule has 1 rings (SSSR count). The van der Waals surface area contributed by atoms with E-state index in [1.165, 1.54) is 7.11 Å². The van der Waals surface area contributed by atoms with E-state index in [1.807, 2.05) is 13.8 Å². The van der Waals surface area contributed by atoms with E-state index in [-0.39, 0.29) is 19.3 Å². The maximum atomic E-state index is 11.5. The van der Waals surface area contributed by atoms with Gasteiger partial charge >= 0.3 is 5.97 Å². The summed E-state index contributed by atoms with van der Waals surface area (Å²) in [6, 6.07) is 0. The van der Waals surface area contributed by atoms with Crippen LogP contribution in [0.3, 0.4) is 0 Å². The van der Waals surface area contributed by atoms with Gasteiger partial charge in [-0.15, -0.1) is 0 Å². The van der Waals surface area contributed by atoms with Gasteiger partial charge in [-0.2, -0.15) is 0 Å². The first-order chi connectivity index (χ1) is 8.87. The van der Waals surface area contributed by atoms with Gasteiger partial charge in [-0.05, 0) is 20.3 Å². The number of nitrogens with zero attached hydrogens (tertiary/aromatic N) is 1. The molecular weight excluding hydrogens is 250 g/mol. The Morgan fingerprint density at radius 3 is 2.63 bits per heavy atom. The highest BCUT2D eigenvalue weighted by Crippen LogP contribution is 2.41. The standard InChI is InChI=1S/C13H19NO5/c1-9-6-11(8-15)13(14(17)18,7-10(9)2)5-4-12(16)19-3/h8,11H,4-7H2,1-3H3/t11-,13-/m0/s1. The van der Waals surface area contributed by atoms with Gasteiger partial charge in [0, 0.05) is 17.8 Å². The average molecular weight is 269 g/mol. The monoisotopic (exact) mass is 269 g/mol. The fourth-order valence-corrected chi connectivity index (χ4v) is 2.60. The molecule has 2 atom stereocenters. The zero-order valence-corrected chi connectivity index (χ0v) is 11.5. The molecule has 0 radical (unpaired) electrons. The molecule has 0 saturated carbocycles. The third-order valence-electron chi connectivity index (χ3n) is 4.03. The molecule has 0 aromatic heterocycles. The summed E-state index contributed by atoms with van der Waals surface area (Å²) in [5.41, 5.74) is 0.576. The number of carbonyl (C=O) groups excluding carboxylic acids is 2. The number of ether oxygens (including phenoxy) is 1. The molecule has 0 amide bonds. The van der Waals surface area contributed by atoms with Crippen LogP contribution in [0.1, 0.15) is 39.5 Å². The van der Waals surface area contributed by atoms with Gasteiger partial charge in [0.2, 0.25) is 5.54 Å². The Balaban J connectivity index is 3.06. The molecule has 6 heteroatoms. The lowest BCUT2D eigenvalue weighted by atomic mass is 9.69. The average Bonchev–Trinajstić information content (AvgIpc) is 2.38. The highest BCUT2D eigenvalue weighted by molar-refractivity contribution is 5.69. The van der Waals surface area contributed by atoms with Crippen molar-refractivity contribution in [2.75, 3.05) is 7.11 Å². The number of aldehydes is 1. The molecule has 6 nitrogen and oxygen atoms in total. The van der Waals surface area contributed by atoms with Crippen LogP contribution in [-0.2, 0) is 14.3 Å². The molecule has 0 bridgehead atoms. The number of hydrogen-bond donors (Lipinski definition) is 0. The van der Waals surface area contributed by atoms with Crippen LogP contribution in [-0.4, -0.2) is 29.8 Å². The van der Waals surface area contributed by atoms with E-state index < -0.39 is 22.3 Å². The first-order valence-corrected chi connectivity index (χ1v) is 6.19. The van der Waals surface area contributed by atoms with Crippen molar-refractivity contribution in [3.05, 3.63) is 21.3 Å². The van der Waals surface area contributed by atoms with E-state index in [4.69, 9.17) is 0 Å². The fraction of sp³-hybridized carbons (Fsp3) is 0.692. The highest BCUT2D eigenvalue weighted by atomic mass is 16.6. The Morgan fingerprint density at radius 1 is 1.53 bits per heavy atom. The largest absolute Gasteiger partial charge is 0.469 e. The summed E-state index contributed by atoms with van der Waals surface area (Å²) >= 11 is 0. The highest BCUT2D eigenvalue weighted by Gasteiger charge is 2.52. The predicted molar refractivity (Wildman–Crippen MR) is 68.1 cm³/mol. The number of hydrogen-bond acceptors (Lipinski definition) is 5. The number of nitro groups is 1. The van der Waals surface area contributed by atoms with Crippen LogP contribution in [0.15, 0.2) is 11.1 Å². The van der Waals surface area contributed by atoms with Crippen LogP contribution >= 0.6 is 0 Å². The van der Waals surface area contributed by atoms with Crippen LogP contribution < -0.4 is 0 Å². The first-order valence-electron chi connectivity index (χ1n) is 6.19. The topological polar surface area (TPSA) is 86.5 Å². The van der Waals surface area contributed by atoms with Gasteiger partial charge in [0.15, 0.2) is 0 Å². The minimum absolute atomic E-state index is 0.0285. The summed E-state index contributed by atoms with van der Waals surface area (Å²) in [6.07, 6.45) is 1.23. The van der Waals surface area contributed by atoms with Gasteiger partial charge in [0.25, 0.3) is 0 Å². The molecule has 0 saturated heterocycles. The lowest BCUT2D eigenvalue weighted by Gasteiger charge is -2.35. The third kappa shape index (κ3) is 3.00. The van der Waals surface area contributed by atoms with Crippen LogP contribution in [0.2, 0.25) is 0 Å². The van der Waals surface area contributed by atoms with Crippen LogP contribution in [0.5, 0.6) is 0 Å². The zero-order valence-electron chi connectivity index (χ0n) is 11.5. The van der Waals surface area contributed by atoms with Gasteiger partial charge in [0.1, 0.15) is 6.29 Å². The van der Waals surface area contributed by atoms with Crippen molar-refractivity contribution in [2.24, 2.45) is 5.92 Å². The van der Waals surface area contributed by atoms with Crippen molar-refractivity contribution in [2.45, 2.75) is 45.1 Å². The molecule has 0 unspecified atom stereocenters. The van der Waals surface area contributed by atoms with Crippen molar-refractivity contribution < 1.29 is 19.2 Å². The molecule has 19 heavy (non-hydrogen) atoms. The van der Waals surface area contributed by atoms with E-state index in [0.29, 0.717) is 12.7 Å². The Morgan fingerprint density at radius 2 is 2.16 bits per heavy atom. The van der Waals surface area contributed by atoms with Gasteiger partial charge in [-0.1, -0.05) is 11.1 Å². The normalized spacial score (nSPS) is 27.0. The van der Waals surface area contributed by atoms with E-state index >= 15 is 0 Å². The molecule has 0 spiro atoms. The molecule has 0 N–H and O–H groups in total. The Kier molecular flexibility index (Phi) is 4.80. The summed E-state index contributed by atoms with van der Waals surface area (Å²) in [7, 11) is 1.24. The minimum Gasteiger partial charge on any atom is -0.469 e. The van der Waals surface area contributed by atoms with Gasteiger partial charge < -0.3 is 9.53 Å². The second kappa shape index (κ2) is 5.95. The van der Waals surface area contributed by atoms with Crippen LogP contribution in [0.25, 0.3) is 0 Å². The number of methoxy groups -OCH3 is 1. The van der Waals surface area contributed by atoms with Crippen LogP contribution in [0.4, 0.5) is 0 Å². The predicted octanol–water partition coefficient (Wildman–Crippen LogP) is 1.90. The van der Waals surface area contributed by atoms with Crippen LogP contribution in [0, 0.1) is 16.0 Å². The quantitative estimate of drug-likeness (QED) is 0.250. The lowest BCUT2D eigenvalue weighted by Crippen LogP contribution is -2.49. The molecule has 1 aliphatic carbocycles. The second-order valence-electron chi connectivity index (χ2n) is 5.12. The summed E-state index contributed by atoms with van der Waals surface area (Å²) in [4.78, 5) is 33.5. The summed E-state index contributed by atoms with van der Waals surface area (Å²) in [5, 5.41) is 11.5. The number of rotatable bonds is 5. The maximum Gasteiger partial charge on any atom is 0.305 e. The van der Waals surface area contributed by atoms with E-state index in [2.05, 4.69) is 4.74 Å². The van der Waals surface area contributed by atoms with Gasteiger partial charge in [-0.3, -0.25) is 14.9 Å². The number of allylic oxidation sites excluding steroid dienone is 1. The Labute approximate surface area is 112 Å². The molecule has 0 heterocycles. The smallest absolute Gasteiger partial charge is 0.305 e. The zero-order chi connectivity index (χ0) is 14.6. The van der Waals surface area contributed by atoms with Gasteiger partial charge in [-0.25, -0.2) is 0 Å². The molecule has 0 fully saturated rings. The minimum atomic E-state index is -1.38. The summed E-state index contributed by atoms with van der Waals surface area (Å²) in [6.45, 7) is 3.72. The van der Waals surface area contributed by atoms with Crippen molar-refractivity contribution in [1.29, 1.82) is 0 Å². The van der Waals surface area contributed by atoms with E-state index in [1.54, 1.807) is 0 Å². The summed E-state index contributed by atoms with van der Waals surface area (Å²) in [5.74, 6) is -1.18. The molecule has 0 aromatic rings. The van der Waals surface area contributed by atoms with E-state index in [9.17, 15) is 19.7 Å². The SMILES string of the molecule is COC(=O)CC[C@]1([N+](=O)[O-])CC(C)=C(C)C[C@H]1C=O.